The first kappa shape index (κ1) is 14.6. The lowest BCUT2D eigenvalue weighted by atomic mass is 10.2. The van der Waals surface area contributed by atoms with Gasteiger partial charge in [-0.3, -0.25) is 4.79 Å². The lowest BCUT2D eigenvalue weighted by Crippen LogP contribution is -2.33. The molecule has 0 saturated carbocycles. The molecule has 18 heavy (non-hydrogen) atoms. The number of hydrogen-bond acceptors (Lipinski definition) is 3. The molecule has 1 aliphatic heterocycles. The second kappa shape index (κ2) is 7.08. The summed E-state index contributed by atoms with van der Waals surface area (Å²) in [5, 5.41) is 3.96. The van der Waals surface area contributed by atoms with Crippen LogP contribution in [0.25, 0.3) is 0 Å². The van der Waals surface area contributed by atoms with E-state index in [1.807, 2.05) is 29.6 Å². The normalized spacial score (nSPS) is 19.6. The molecule has 1 fully saturated rings. The highest BCUT2D eigenvalue weighted by atomic mass is 79.9. The van der Waals surface area contributed by atoms with E-state index in [1.165, 1.54) is 11.5 Å². The zero-order valence-electron chi connectivity index (χ0n) is 9.62. The summed E-state index contributed by atoms with van der Waals surface area (Å²) in [6.07, 6.45) is 0. The van der Waals surface area contributed by atoms with Gasteiger partial charge >= 0.3 is 0 Å². The maximum atomic E-state index is 12.0. The molecule has 1 aliphatic rings. The molecule has 1 aromatic carbocycles. The smallest absolute Gasteiger partial charge is 0.252 e. The average molecular weight is 367 g/mol. The van der Waals surface area contributed by atoms with Crippen LogP contribution in [-0.4, -0.2) is 35.0 Å². The molecule has 0 aromatic heterocycles. The van der Waals surface area contributed by atoms with Gasteiger partial charge in [-0.1, -0.05) is 27.5 Å². The lowest BCUT2D eigenvalue weighted by molar-refractivity contribution is 0.0954. The fourth-order valence-electron chi connectivity index (χ4n) is 1.63. The van der Waals surface area contributed by atoms with Crippen LogP contribution in [0.1, 0.15) is 10.4 Å². The molecule has 0 bridgehead atoms. The van der Waals surface area contributed by atoms with Gasteiger partial charge in [0.05, 0.1) is 10.6 Å². The molecular weight excluding hydrogens is 354 g/mol. The number of rotatable bonds is 3. The average Bonchev–Trinajstić information content (AvgIpc) is 2.40. The Balaban J connectivity index is 1.92. The van der Waals surface area contributed by atoms with Crippen molar-refractivity contribution in [2.45, 2.75) is 5.25 Å². The van der Waals surface area contributed by atoms with Gasteiger partial charge in [0.15, 0.2) is 0 Å². The largest absolute Gasteiger partial charge is 0.351 e. The Morgan fingerprint density at radius 3 is 3.06 bits per heavy atom. The minimum atomic E-state index is -0.0996. The van der Waals surface area contributed by atoms with Crippen molar-refractivity contribution < 1.29 is 4.79 Å². The highest BCUT2D eigenvalue weighted by Crippen LogP contribution is 2.24. The van der Waals surface area contributed by atoms with Crippen LogP contribution in [0.3, 0.4) is 0 Å². The SMILES string of the molecule is O=C(NCC1CSCCS1)c1cc(Br)ccc1Cl. The molecule has 1 unspecified atom stereocenters. The molecule has 0 radical (unpaired) electrons. The Morgan fingerprint density at radius 1 is 1.50 bits per heavy atom. The first-order valence-corrected chi connectivity index (χ1v) is 8.97. The first-order chi connectivity index (χ1) is 8.66. The molecule has 1 N–H and O–H groups in total. The van der Waals surface area contributed by atoms with Crippen LogP contribution < -0.4 is 5.32 Å². The van der Waals surface area contributed by atoms with Crippen LogP contribution in [0.5, 0.6) is 0 Å². The third-order valence-corrected chi connectivity index (χ3v) is 6.22. The van der Waals surface area contributed by atoms with E-state index in [0.717, 1.165) is 10.2 Å². The van der Waals surface area contributed by atoms with Crippen LogP contribution in [0.15, 0.2) is 22.7 Å². The van der Waals surface area contributed by atoms with E-state index >= 15 is 0 Å². The zero-order chi connectivity index (χ0) is 13.0. The molecule has 2 nitrogen and oxygen atoms in total. The summed E-state index contributed by atoms with van der Waals surface area (Å²) in [4.78, 5) is 12.0. The maximum absolute atomic E-state index is 12.0. The van der Waals surface area contributed by atoms with E-state index in [1.54, 1.807) is 12.1 Å². The fourth-order valence-corrected chi connectivity index (χ4v) is 4.80. The van der Waals surface area contributed by atoms with Crippen LogP contribution >= 0.6 is 51.1 Å². The summed E-state index contributed by atoms with van der Waals surface area (Å²) >= 11 is 13.2. The minimum Gasteiger partial charge on any atom is -0.351 e. The highest BCUT2D eigenvalue weighted by molar-refractivity contribution is 9.10. The van der Waals surface area contributed by atoms with Crippen molar-refractivity contribution in [2.75, 3.05) is 23.8 Å². The van der Waals surface area contributed by atoms with Crippen molar-refractivity contribution in [1.29, 1.82) is 0 Å². The van der Waals surface area contributed by atoms with Crippen molar-refractivity contribution in [1.82, 2.24) is 5.32 Å². The molecule has 1 atom stereocenters. The van der Waals surface area contributed by atoms with Gasteiger partial charge in [-0.25, -0.2) is 0 Å². The number of nitrogens with one attached hydrogen (secondary N) is 1. The second-order valence-electron chi connectivity index (χ2n) is 3.90. The van der Waals surface area contributed by atoms with E-state index < -0.39 is 0 Å². The Kier molecular flexibility index (Phi) is 5.73. The number of carbonyl (C=O) groups is 1. The Bertz CT molecular complexity index is 438. The van der Waals surface area contributed by atoms with Gasteiger partial charge in [-0.15, -0.1) is 0 Å². The van der Waals surface area contributed by atoms with Crippen molar-refractivity contribution in [2.24, 2.45) is 0 Å². The molecule has 2 rings (SSSR count). The maximum Gasteiger partial charge on any atom is 0.252 e. The standard InChI is InChI=1S/C12H13BrClNOS2/c13-8-1-2-11(14)10(5-8)12(16)15-6-9-7-17-3-4-18-9/h1-2,5,9H,3-4,6-7H2,(H,15,16). The number of amides is 1. The van der Waals surface area contributed by atoms with Crippen LogP contribution in [0.2, 0.25) is 5.02 Å². The van der Waals surface area contributed by atoms with Crippen molar-refractivity contribution in [3.05, 3.63) is 33.3 Å². The number of benzene rings is 1. The second-order valence-corrected chi connectivity index (χ2v) is 7.78. The van der Waals surface area contributed by atoms with Gasteiger partial charge in [0, 0.05) is 33.5 Å². The van der Waals surface area contributed by atoms with E-state index in [9.17, 15) is 4.79 Å². The van der Waals surface area contributed by atoms with Crippen molar-refractivity contribution in [3.63, 3.8) is 0 Å². The lowest BCUT2D eigenvalue weighted by Gasteiger charge is -2.21. The van der Waals surface area contributed by atoms with Gasteiger partial charge < -0.3 is 5.32 Å². The highest BCUT2D eigenvalue weighted by Gasteiger charge is 2.16. The quantitative estimate of drug-likeness (QED) is 0.885. The zero-order valence-corrected chi connectivity index (χ0v) is 13.6. The van der Waals surface area contributed by atoms with Crippen molar-refractivity contribution in [3.8, 4) is 0 Å². The van der Waals surface area contributed by atoms with Crippen LogP contribution in [-0.2, 0) is 0 Å². The van der Waals surface area contributed by atoms with Gasteiger partial charge in [-0.05, 0) is 18.2 Å². The topological polar surface area (TPSA) is 29.1 Å². The first-order valence-electron chi connectivity index (χ1n) is 5.59. The molecule has 1 heterocycles. The molecule has 1 saturated heterocycles. The molecule has 0 spiro atoms. The molecule has 1 amide bonds. The Hall–Kier alpha value is 0.160. The number of carbonyl (C=O) groups excluding carboxylic acids is 1. The summed E-state index contributed by atoms with van der Waals surface area (Å²) in [6, 6.07) is 5.30. The minimum absolute atomic E-state index is 0.0996. The van der Waals surface area contributed by atoms with E-state index in [0.29, 0.717) is 22.4 Å². The number of hydrogen-bond donors (Lipinski definition) is 1. The molecular formula is C12H13BrClNOS2. The van der Waals surface area contributed by atoms with Crippen LogP contribution in [0, 0.1) is 0 Å². The van der Waals surface area contributed by atoms with E-state index in [4.69, 9.17) is 11.6 Å². The summed E-state index contributed by atoms with van der Waals surface area (Å²) in [7, 11) is 0. The Morgan fingerprint density at radius 2 is 2.33 bits per heavy atom. The Labute approximate surface area is 129 Å². The molecule has 6 heteroatoms. The predicted molar refractivity (Wildman–Crippen MR) is 85.1 cm³/mol. The number of halogens is 2. The summed E-state index contributed by atoms with van der Waals surface area (Å²) in [5.41, 5.74) is 0.527. The van der Waals surface area contributed by atoms with E-state index in [2.05, 4.69) is 21.2 Å². The molecule has 98 valence electrons. The predicted octanol–water partition coefficient (Wildman–Crippen LogP) is 3.68. The van der Waals surface area contributed by atoms with Gasteiger partial charge in [0.1, 0.15) is 0 Å². The molecule has 1 aromatic rings. The van der Waals surface area contributed by atoms with E-state index in [-0.39, 0.29) is 5.91 Å². The van der Waals surface area contributed by atoms with Gasteiger partial charge in [0.25, 0.3) is 5.91 Å². The fraction of sp³-hybridized carbons (Fsp3) is 0.417. The summed E-state index contributed by atoms with van der Waals surface area (Å²) in [5.74, 6) is 3.39. The van der Waals surface area contributed by atoms with Gasteiger partial charge in [0.2, 0.25) is 0 Å². The molecule has 0 aliphatic carbocycles. The monoisotopic (exact) mass is 365 g/mol. The summed E-state index contributed by atoms with van der Waals surface area (Å²) < 4.78 is 0.861. The van der Waals surface area contributed by atoms with Gasteiger partial charge in [-0.2, -0.15) is 23.5 Å². The third kappa shape index (κ3) is 4.08. The van der Waals surface area contributed by atoms with Crippen LogP contribution in [0.4, 0.5) is 0 Å². The number of thioether (sulfide) groups is 2. The third-order valence-electron chi connectivity index (χ3n) is 2.55. The van der Waals surface area contributed by atoms with Crippen molar-refractivity contribution >= 4 is 57.0 Å². The summed E-state index contributed by atoms with van der Waals surface area (Å²) in [6.45, 7) is 0.708.